The third-order valence-corrected chi connectivity index (χ3v) is 2.67. The van der Waals surface area contributed by atoms with E-state index < -0.39 is 17.6 Å². The minimum Gasteiger partial charge on any atom is -0.448 e. The summed E-state index contributed by atoms with van der Waals surface area (Å²) < 4.78 is 43.3. The Hall–Kier alpha value is -2.31. The molecule has 0 saturated heterocycles. The Bertz CT molecular complexity index is 620. The molecule has 106 valence electrons. The van der Waals surface area contributed by atoms with E-state index in [4.69, 9.17) is 4.42 Å². The molecule has 0 atom stereocenters. The Morgan fingerprint density at radius 2 is 2.05 bits per heavy atom. The number of alkyl halides is 3. The van der Waals surface area contributed by atoms with Crippen LogP contribution in [0.5, 0.6) is 0 Å². The summed E-state index contributed by atoms with van der Waals surface area (Å²) in [4.78, 5) is 15.6. The molecule has 0 spiro atoms. The molecular formula is C13H11F3N2O2. The van der Waals surface area contributed by atoms with Gasteiger partial charge >= 0.3 is 6.18 Å². The van der Waals surface area contributed by atoms with E-state index in [1.807, 2.05) is 0 Å². The Morgan fingerprint density at radius 1 is 1.35 bits per heavy atom. The Labute approximate surface area is 112 Å². The summed E-state index contributed by atoms with van der Waals surface area (Å²) >= 11 is 0. The summed E-state index contributed by atoms with van der Waals surface area (Å²) in [6, 6.07) is 4.80. The van der Waals surface area contributed by atoms with Gasteiger partial charge in [0.25, 0.3) is 0 Å². The number of nitrogens with one attached hydrogen (secondary N) is 1. The first kappa shape index (κ1) is 14.1. The number of para-hydroxylation sites is 1. The van der Waals surface area contributed by atoms with Crippen molar-refractivity contribution in [3.05, 3.63) is 47.7 Å². The Balaban J connectivity index is 2.15. The van der Waals surface area contributed by atoms with E-state index in [0.717, 1.165) is 6.07 Å². The maximum atomic E-state index is 12.8. The number of anilines is 1. The number of hydrogen-bond donors (Lipinski definition) is 1. The van der Waals surface area contributed by atoms with Crippen LogP contribution in [0, 0.1) is 6.92 Å². The van der Waals surface area contributed by atoms with Gasteiger partial charge in [0.1, 0.15) is 5.76 Å². The standard InChI is InChI=1S/C13H11F3N2O2/c1-8-11(20-7-17-8)6-12(19)18-10-5-3-2-4-9(10)13(14,15)16/h2-5,7H,6H2,1H3,(H,18,19). The second-order valence-electron chi connectivity index (χ2n) is 4.13. The van der Waals surface area contributed by atoms with Gasteiger partial charge in [-0.1, -0.05) is 12.1 Å². The maximum Gasteiger partial charge on any atom is 0.418 e. The van der Waals surface area contributed by atoms with Gasteiger partial charge in [0.15, 0.2) is 6.39 Å². The molecule has 0 fully saturated rings. The van der Waals surface area contributed by atoms with Crippen molar-refractivity contribution in [1.82, 2.24) is 4.98 Å². The quantitative estimate of drug-likeness (QED) is 0.941. The molecule has 0 saturated carbocycles. The largest absolute Gasteiger partial charge is 0.448 e. The molecule has 4 nitrogen and oxygen atoms in total. The highest BCUT2D eigenvalue weighted by Gasteiger charge is 2.33. The second kappa shape index (κ2) is 5.36. The molecule has 0 bridgehead atoms. The van der Waals surface area contributed by atoms with E-state index in [1.54, 1.807) is 6.92 Å². The maximum absolute atomic E-state index is 12.8. The number of rotatable bonds is 3. The third-order valence-electron chi connectivity index (χ3n) is 2.67. The van der Waals surface area contributed by atoms with E-state index in [0.29, 0.717) is 11.5 Å². The number of hydrogen-bond acceptors (Lipinski definition) is 3. The van der Waals surface area contributed by atoms with Crippen LogP contribution in [0.15, 0.2) is 35.1 Å². The molecule has 2 aromatic rings. The number of halogens is 3. The highest BCUT2D eigenvalue weighted by Crippen LogP contribution is 2.34. The topological polar surface area (TPSA) is 55.1 Å². The molecule has 2 rings (SSSR count). The highest BCUT2D eigenvalue weighted by atomic mass is 19.4. The van der Waals surface area contributed by atoms with Crippen LogP contribution < -0.4 is 5.32 Å². The van der Waals surface area contributed by atoms with Gasteiger partial charge < -0.3 is 9.73 Å². The lowest BCUT2D eigenvalue weighted by atomic mass is 10.1. The number of amides is 1. The van der Waals surface area contributed by atoms with Crippen molar-refractivity contribution >= 4 is 11.6 Å². The lowest BCUT2D eigenvalue weighted by molar-refractivity contribution is -0.137. The average Bonchev–Trinajstić information content (AvgIpc) is 2.74. The summed E-state index contributed by atoms with van der Waals surface area (Å²) in [5, 5.41) is 2.24. The number of benzene rings is 1. The molecule has 0 aliphatic rings. The minimum atomic E-state index is -4.52. The van der Waals surface area contributed by atoms with Crippen LogP contribution in [-0.4, -0.2) is 10.9 Å². The van der Waals surface area contributed by atoms with Gasteiger partial charge in [0.05, 0.1) is 23.4 Å². The number of nitrogens with zero attached hydrogens (tertiary/aromatic N) is 1. The van der Waals surface area contributed by atoms with Crippen molar-refractivity contribution in [2.45, 2.75) is 19.5 Å². The summed E-state index contributed by atoms with van der Waals surface area (Å²) in [7, 11) is 0. The third kappa shape index (κ3) is 3.17. The van der Waals surface area contributed by atoms with Gasteiger partial charge in [-0.05, 0) is 19.1 Å². The van der Waals surface area contributed by atoms with Gasteiger partial charge in [-0.25, -0.2) is 4.98 Å². The molecule has 1 N–H and O–H groups in total. The van der Waals surface area contributed by atoms with E-state index in [2.05, 4.69) is 10.3 Å². The normalized spacial score (nSPS) is 11.4. The van der Waals surface area contributed by atoms with Crippen molar-refractivity contribution in [3.63, 3.8) is 0 Å². The zero-order chi connectivity index (χ0) is 14.8. The molecule has 0 aliphatic heterocycles. The first-order valence-electron chi connectivity index (χ1n) is 5.73. The number of aromatic nitrogens is 1. The zero-order valence-corrected chi connectivity index (χ0v) is 10.5. The molecule has 0 unspecified atom stereocenters. The van der Waals surface area contributed by atoms with Crippen LogP contribution in [0.25, 0.3) is 0 Å². The van der Waals surface area contributed by atoms with E-state index in [9.17, 15) is 18.0 Å². The van der Waals surface area contributed by atoms with Crippen molar-refractivity contribution in [1.29, 1.82) is 0 Å². The van der Waals surface area contributed by atoms with Crippen molar-refractivity contribution < 1.29 is 22.4 Å². The summed E-state index contributed by atoms with van der Waals surface area (Å²) in [5.74, 6) is -0.270. The lowest BCUT2D eigenvalue weighted by Crippen LogP contribution is -2.18. The van der Waals surface area contributed by atoms with E-state index in [1.165, 1.54) is 24.6 Å². The van der Waals surface area contributed by atoms with Gasteiger partial charge in [0, 0.05) is 0 Å². The summed E-state index contributed by atoms with van der Waals surface area (Å²) in [6.07, 6.45) is -3.51. The Kier molecular flexibility index (Phi) is 3.78. The van der Waals surface area contributed by atoms with Crippen LogP contribution in [0.2, 0.25) is 0 Å². The lowest BCUT2D eigenvalue weighted by Gasteiger charge is -2.13. The van der Waals surface area contributed by atoms with Crippen LogP contribution >= 0.6 is 0 Å². The van der Waals surface area contributed by atoms with Crippen molar-refractivity contribution in [3.8, 4) is 0 Å². The van der Waals surface area contributed by atoms with Gasteiger partial charge in [-0.3, -0.25) is 4.79 Å². The first-order chi connectivity index (χ1) is 9.38. The molecular weight excluding hydrogens is 273 g/mol. The van der Waals surface area contributed by atoms with Crippen LogP contribution in [-0.2, 0) is 17.4 Å². The van der Waals surface area contributed by atoms with Crippen LogP contribution in [0.4, 0.5) is 18.9 Å². The molecule has 1 aromatic heterocycles. The SMILES string of the molecule is Cc1ncoc1CC(=O)Nc1ccccc1C(F)(F)F. The van der Waals surface area contributed by atoms with Crippen LogP contribution in [0.1, 0.15) is 17.0 Å². The zero-order valence-electron chi connectivity index (χ0n) is 10.5. The van der Waals surface area contributed by atoms with Crippen LogP contribution in [0.3, 0.4) is 0 Å². The Morgan fingerprint density at radius 3 is 2.65 bits per heavy atom. The second-order valence-corrected chi connectivity index (χ2v) is 4.13. The summed E-state index contributed by atoms with van der Waals surface area (Å²) in [6.45, 7) is 1.65. The molecule has 1 aromatic carbocycles. The highest BCUT2D eigenvalue weighted by molar-refractivity contribution is 5.92. The predicted molar refractivity (Wildman–Crippen MR) is 65.0 cm³/mol. The average molecular weight is 284 g/mol. The summed E-state index contributed by atoms with van der Waals surface area (Å²) in [5.41, 5.74) is -0.630. The molecule has 1 heterocycles. The fraction of sp³-hybridized carbons (Fsp3) is 0.231. The number of carbonyl (C=O) groups excluding carboxylic acids is 1. The minimum absolute atomic E-state index is 0.169. The first-order valence-corrected chi connectivity index (χ1v) is 5.73. The van der Waals surface area contributed by atoms with Gasteiger partial charge in [-0.2, -0.15) is 13.2 Å². The predicted octanol–water partition coefficient (Wildman–Crippen LogP) is 3.18. The number of carbonyl (C=O) groups is 1. The molecule has 1 amide bonds. The smallest absolute Gasteiger partial charge is 0.418 e. The van der Waals surface area contributed by atoms with Gasteiger partial charge in [0.2, 0.25) is 5.91 Å². The van der Waals surface area contributed by atoms with Gasteiger partial charge in [-0.15, -0.1) is 0 Å². The molecule has 0 radical (unpaired) electrons. The molecule has 0 aliphatic carbocycles. The van der Waals surface area contributed by atoms with Crippen molar-refractivity contribution in [2.24, 2.45) is 0 Å². The van der Waals surface area contributed by atoms with Crippen molar-refractivity contribution in [2.75, 3.05) is 5.32 Å². The monoisotopic (exact) mass is 284 g/mol. The fourth-order valence-electron chi connectivity index (χ4n) is 1.68. The number of aryl methyl sites for hydroxylation is 1. The fourth-order valence-corrected chi connectivity index (χ4v) is 1.68. The van der Waals surface area contributed by atoms with E-state index in [-0.39, 0.29) is 12.1 Å². The number of oxazole rings is 1. The molecule has 7 heteroatoms. The van der Waals surface area contributed by atoms with E-state index >= 15 is 0 Å². The molecule has 20 heavy (non-hydrogen) atoms.